The lowest BCUT2D eigenvalue weighted by molar-refractivity contribution is -0.129. The molecule has 1 aliphatic rings. The summed E-state index contributed by atoms with van der Waals surface area (Å²) in [5, 5.41) is 5.52. The zero-order valence-electron chi connectivity index (χ0n) is 18.6. The second-order valence-electron chi connectivity index (χ2n) is 8.32. The van der Waals surface area contributed by atoms with Crippen molar-refractivity contribution in [3.05, 3.63) is 72.3 Å². The summed E-state index contributed by atoms with van der Waals surface area (Å²) in [6.45, 7) is 6.27. The molecule has 2 atom stereocenters. The van der Waals surface area contributed by atoms with Crippen LogP contribution in [-0.4, -0.2) is 17.6 Å². The number of amides is 1. The molecule has 1 N–H and O–H groups in total. The number of hydrogen-bond donors (Lipinski definition) is 1. The first-order valence-electron chi connectivity index (χ1n) is 11.3. The van der Waals surface area contributed by atoms with Gasteiger partial charge in [-0.2, -0.15) is 0 Å². The lowest BCUT2D eigenvalue weighted by Gasteiger charge is -2.42. The Morgan fingerprint density at radius 2 is 1.74 bits per heavy atom. The molecule has 162 valence electrons. The second kappa shape index (κ2) is 9.01. The third-order valence-corrected chi connectivity index (χ3v) is 6.46. The van der Waals surface area contributed by atoms with Crippen LogP contribution in [0.1, 0.15) is 58.1 Å². The van der Waals surface area contributed by atoms with Gasteiger partial charge in [0, 0.05) is 12.0 Å². The number of rotatable bonds is 7. The number of benzene rings is 3. The van der Waals surface area contributed by atoms with Gasteiger partial charge in [0.2, 0.25) is 0 Å². The van der Waals surface area contributed by atoms with Crippen LogP contribution in [0, 0.1) is 0 Å². The number of carbonyl (C=O) groups excluding carboxylic acids is 1. The van der Waals surface area contributed by atoms with Gasteiger partial charge in [-0.1, -0.05) is 69.3 Å². The number of carbonyl (C=O) groups is 1. The van der Waals surface area contributed by atoms with Gasteiger partial charge in [0.1, 0.15) is 17.1 Å². The number of ether oxygens (including phenoxy) is 2. The molecular formula is C27H31NO3. The maximum atomic E-state index is 13.2. The molecule has 0 saturated carbocycles. The quantitative estimate of drug-likeness (QED) is 0.498. The van der Waals surface area contributed by atoms with Crippen LogP contribution >= 0.6 is 0 Å². The molecule has 3 aromatic carbocycles. The van der Waals surface area contributed by atoms with Gasteiger partial charge < -0.3 is 14.8 Å². The summed E-state index contributed by atoms with van der Waals surface area (Å²) < 4.78 is 12.5. The minimum Gasteiger partial charge on any atom is -0.487 e. The van der Waals surface area contributed by atoms with Gasteiger partial charge in [-0.05, 0) is 48.2 Å². The van der Waals surface area contributed by atoms with E-state index in [0.29, 0.717) is 12.2 Å². The van der Waals surface area contributed by atoms with E-state index in [2.05, 4.69) is 31.3 Å². The Hall–Kier alpha value is -3.01. The van der Waals surface area contributed by atoms with Crippen LogP contribution in [0.4, 0.5) is 0 Å². The van der Waals surface area contributed by atoms with Crippen LogP contribution in [0.3, 0.4) is 0 Å². The van der Waals surface area contributed by atoms with E-state index in [4.69, 9.17) is 9.47 Å². The minimum atomic E-state index is -0.547. The Morgan fingerprint density at radius 1 is 1.03 bits per heavy atom. The second-order valence-corrected chi connectivity index (χ2v) is 8.32. The molecule has 0 bridgehead atoms. The van der Waals surface area contributed by atoms with Crippen LogP contribution in [0.15, 0.2) is 66.7 Å². The molecule has 0 aromatic heterocycles. The maximum absolute atomic E-state index is 13.2. The van der Waals surface area contributed by atoms with Crippen LogP contribution in [0.5, 0.6) is 11.5 Å². The van der Waals surface area contributed by atoms with Crippen molar-refractivity contribution in [3.8, 4) is 11.5 Å². The van der Waals surface area contributed by atoms with E-state index < -0.39 is 6.10 Å². The number of para-hydroxylation sites is 1. The monoisotopic (exact) mass is 417 g/mol. The third kappa shape index (κ3) is 4.39. The molecule has 0 spiro atoms. The number of fused-ring (bicyclic) bond motifs is 2. The highest BCUT2D eigenvalue weighted by Crippen LogP contribution is 2.42. The third-order valence-electron chi connectivity index (χ3n) is 6.46. The molecule has 4 rings (SSSR count). The standard InChI is InChI=1S/C27H31NO3/c1-4-24(30-21-16-15-19-11-7-8-12-20(19)17-21)26(29)28-23-18-27(5-2,6-3)31-25-14-10-9-13-22(23)25/h7-17,23-24H,4-6,18H2,1-3H3,(H,28,29). The normalized spacial score (nSPS) is 18.0. The van der Waals surface area contributed by atoms with E-state index in [1.165, 1.54) is 0 Å². The fourth-order valence-electron chi connectivity index (χ4n) is 4.42. The maximum Gasteiger partial charge on any atom is 0.261 e. The number of nitrogens with one attached hydrogen (secondary N) is 1. The first kappa shape index (κ1) is 21.2. The van der Waals surface area contributed by atoms with Crippen molar-refractivity contribution in [2.45, 2.75) is 64.2 Å². The van der Waals surface area contributed by atoms with E-state index in [0.717, 1.165) is 41.3 Å². The Morgan fingerprint density at radius 3 is 2.48 bits per heavy atom. The van der Waals surface area contributed by atoms with Crippen LogP contribution in [0.2, 0.25) is 0 Å². The van der Waals surface area contributed by atoms with Crippen molar-refractivity contribution in [1.29, 1.82) is 0 Å². The Balaban J connectivity index is 1.53. The molecule has 4 nitrogen and oxygen atoms in total. The summed E-state index contributed by atoms with van der Waals surface area (Å²) in [7, 11) is 0. The summed E-state index contributed by atoms with van der Waals surface area (Å²) in [6, 6.07) is 22.0. The molecule has 0 saturated heterocycles. The minimum absolute atomic E-state index is 0.0848. The van der Waals surface area contributed by atoms with Crippen molar-refractivity contribution in [3.63, 3.8) is 0 Å². The topological polar surface area (TPSA) is 47.6 Å². The highest BCUT2D eigenvalue weighted by molar-refractivity contribution is 5.84. The summed E-state index contributed by atoms with van der Waals surface area (Å²) in [5.74, 6) is 1.49. The first-order chi connectivity index (χ1) is 15.1. The largest absolute Gasteiger partial charge is 0.487 e. The smallest absolute Gasteiger partial charge is 0.261 e. The Kier molecular flexibility index (Phi) is 6.17. The van der Waals surface area contributed by atoms with Gasteiger partial charge in [0.05, 0.1) is 6.04 Å². The Bertz CT molecular complexity index is 1060. The molecule has 1 amide bonds. The molecule has 0 radical (unpaired) electrons. The van der Waals surface area contributed by atoms with Gasteiger partial charge in [0.15, 0.2) is 6.10 Å². The predicted molar refractivity (Wildman–Crippen MR) is 125 cm³/mol. The van der Waals surface area contributed by atoms with Crippen molar-refractivity contribution < 1.29 is 14.3 Å². The molecule has 0 aliphatic carbocycles. The molecular weight excluding hydrogens is 386 g/mol. The van der Waals surface area contributed by atoms with Crippen molar-refractivity contribution in [1.82, 2.24) is 5.32 Å². The van der Waals surface area contributed by atoms with Gasteiger partial charge in [-0.25, -0.2) is 0 Å². The lowest BCUT2D eigenvalue weighted by Crippen LogP contribution is -2.47. The Labute approximate surface area is 184 Å². The van der Waals surface area contributed by atoms with Gasteiger partial charge >= 0.3 is 0 Å². The van der Waals surface area contributed by atoms with E-state index in [9.17, 15) is 4.79 Å². The molecule has 3 aromatic rings. The van der Waals surface area contributed by atoms with Gasteiger partial charge in [-0.3, -0.25) is 4.79 Å². The predicted octanol–water partition coefficient (Wildman–Crippen LogP) is 6.20. The van der Waals surface area contributed by atoms with Gasteiger partial charge in [0.25, 0.3) is 5.91 Å². The van der Waals surface area contributed by atoms with Crippen molar-refractivity contribution >= 4 is 16.7 Å². The summed E-state index contributed by atoms with van der Waals surface area (Å²) >= 11 is 0. The summed E-state index contributed by atoms with van der Waals surface area (Å²) in [4.78, 5) is 13.2. The van der Waals surface area contributed by atoms with Crippen LogP contribution in [-0.2, 0) is 4.79 Å². The first-order valence-corrected chi connectivity index (χ1v) is 11.3. The van der Waals surface area contributed by atoms with Gasteiger partial charge in [-0.15, -0.1) is 0 Å². The van der Waals surface area contributed by atoms with E-state index in [1.807, 2.05) is 61.5 Å². The highest BCUT2D eigenvalue weighted by atomic mass is 16.5. The molecule has 0 fully saturated rings. The van der Waals surface area contributed by atoms with Crippen molar-refractivity contribution in [2.75, 3.05) is 0 Å². The van der Waals surface area contributed by atoms with E-state index >= 15 is 0 Å². The summed E-state index contributed by atoms with van der Waals surface area (Å²) in [6.07, 6.45) is 2.60. The SMILES string of the molecule is CCC(Oc1ccc2ccccc2c1)C(=O)NC1CC(CC)(CC)Oc2ccccc21. The fraction of sp³-hybridized carbons (Fsp3) is 0.370. The lowest BCUT2D eigenvalue weighted by atomic mass is 9.83. The van der Waals surface area contributed by atoms with Crippen LogP contribution in [0.25, 0.3) is 10.8 Å². The average Bonchev–Trinajstić information content (AvgIpc) is 2.82. The zero-order valence-corrected chi connectivity index (χ0v) is 18.6. The van der Waals surface area contributed by atoms with Crippen LogP contribution < -0.4 is 14.8 Å². The molecule has 31 heavy (non-hydrogen) atoms. The molecule has 1 heterocycles. The molecule has 4 heteroatoms. The fourth-order valence-corrected chi connectivity index (χ4v) is 4.42. The van der Waals surface area contributed by atoms with E-state index in [-0.39, 0.29) is 17.6 Å². The molecule has 2 unspecified atom stereocenters. The summed E-state index contributed by atoms with van der Waals surface area (Å²) in [5.41, 5.74) is 0.779. The van der Waals surface area contributed by atoms with E-state index in [1.54, 1.807) is 0 Å². The highest BCUT2D eigenvalue weighted by Gasteiger charge is 2.39. The molecule has 1 aliphatic heterocycles. The van der Waals surface area contributed by atoms with Crippen molar-refractivity contribution in [2.24, 2.45) is 0 Å². The number of hydrogen-bond acceptors (Lipinski definition) is 3. The zero-order chi connectivity index (χ0) is 21.8. The average molecular weight is 418 g/mol.